The Bertz CT molecular complexity index is 1590. The van der Waals surface area contributed by atoms with Crippen molar-refractivity contribution >= 4 is 46.7 Å². The first-order valence-electron chi connectivity index (χ1n) is 13.3. The Morgan fingerprint density at radius 2 is 1.33 bits per heavy atom. The first kappa shape index (κ1) is 30.5. The summed E-state index contributed by atoms with van der Waals surface area (Å²) in [7, 11) is 1.26. The zero-order chi connectivity index (χ0) is 31.0. The predicted molar refractivity (Wildman–Crippen MR) is 162 cm³/mol. The van der Waals surface area contributed by atoms with Gasteiger partial charge < -0.3 is 14.8 Å². The minimum atomic E-state index is -0.706. The number of carbonyl (C=O) groups is 4. The smallest absolute Gasteiger partial charge is 0.343 e. The van der Waals surface area contributed by atoms with Crippen LogP contribution in [0.5, 0.6) is 5.75 Å². The molecule has 218 valence electrons. The van der Waals surface area contributed by atoms with Crippen LogP contribution in [0.25, 0.3) is 0 Å². The number of nitrogens with one attached hydrogen (secondary N) is 1. The van der Waals surface area contributed by atoms with Gasteiger partial charge in [0, 0.05) is 11.3 Å². The van der Waals surface area contributed by atoms with Gasteiger partial charge in [0.2, 0.25) is 0 Å². The van der Waals surface area contributed by atoms with Crippen molar-refractivity contribution in [1.82, 2.24) is 0 Å². The van der Waals surface area contributed by atoms with Crippen LogP contribution < -0.4 is 15.0 Å². The van der Waals surface area contributed by atoms with Crippen LogP contribution in [0.15, 0.2) is 77.5 Å². The van der Waals surface area contributed by atoms with E-state index < -0.39 is 23.8 Å². The van der Waals surface area contributed by atoms with E-state index in [-0.39, 0.29) is 32.8 Å². The molecule has 42 heavy (non-hydrogen) atoms. The van der Waals surface area contributed by atoms with Crippen molar-refractivity contribution in [3.63, 3.8) is 0 Å². The van der Waals surface area contributed by atoms with Gasteiger partial charge in [-0.05, 0) is 71.0 Å². The highest BCUT2D eigenvalue weighted by Gasteiger charge is 2.39. The molecule has 0 radical (unpaired) electrons. The minimum Gasteiger partial charge on any atom is -0.465 e. The van der Waals surface area contributed by atoms with Crippen molar-refractivity contribution in [2.45, 2.75) is 52.4 Å². The summed E-state index contributed by atoms with van der Waals surface area (Å²) in [4.78, 5) is 51.6. The molecule has 3 aromatic carbocycles. The maximum atomic E-state index is 13.1. The van der Waals surface area contributed by atoms with Crippen molar-refractivity contribution in [3.8, 4) is 5.75 Å². The number of hydrogen-bond donors (Lipinski definition) is 1. The Labute approximate surface area is 250 Å². The van der Waals surface area contributed by atoms with Crippen molar-refractivity contribution in [1.29, 1.82) is 0 Å². The number of amides is 2. The van der Waals surface area contributed by atoms with Crippen LogP contribution in [0.2, 0.25) is 0 Å². The number of esters is 2. The number of anilines is 2. The molecule has 1 aliphatic heterocycles. The van der Waals surface area contributed by atoms with Gasteiger partial charge in [-0.15, -0.1) is 0 Å². The minimum absolute atomic E-state index is 0.0544. The molecule has 0 saturated heterocycles. The Morgan fingerprint density at radius 1 is 0.762 bits per heavy atom. The summed E-state index contributed by atoms with van der Waals surface area (Å²) in [6.45, 7) is 12.6. The highest BCUT2D eigenvalue weighted by molar-refractivity contribution is 6.53. The summed E-state index contributed by atoms with van der Waals surface area (Å²) in [5.41, 5.74) is 2.92. The van der Waals surface area contributed by atoms with E-state index in [2.05, 4.69) is 57.7 Å². The molecular formula is C33H33ClN2O6. The Balaban J connectivity index is 1.49. The van der Waals surface area contributed by atoms with Gasteiger partial charge in [-0.25, -0.2) is 14.5 Å². The van der Waals surface area contributed by atoms with Crippen LogP contribution in [0.1, 0.15) is 73.4 Å². The normalized spacial score (nSPS) is 13.9. The Kier molecular flexibility index (Phi) is 8.32. The van der Waals surface area contributed by atoms with Gasteiger partial charge in [0.05, 0.1) is 23.9 Å². The molecule has 0 aromatic heterocycles. The molecule has 4 rings (SSSR count). The van der Waals surface area contributed by atoms with E-state index in [4.69, 9.17) is 16.3 Å². The molecular weight excluding hydrogens is 556 g/mol. The van der Waals surface area contributed by atoms with Crippen LogP contribution in [-0.4, -0.2) is 30.9 Å². The second kappa shape index (κ2) is 11.4. The molecule has 1 heterocycles. The lowest BCUT2D eigenvalue weighted by molar-refractivity contribution is -0.120. The zero-order valence-electron chi connectivity index (χ0n) is 24.6. The molecule has 0 aliphatic carbocycles. The van der Waals surface area contributed by atoms with Crippen molar-refractivity contribution in [3.05, 3.63) is 99.7 Å². The average Bonchev–Trinajstić information content (AvgIpc) is 3.14. The number of nitrogens with zero attached hydrogens (tertiary/aromatic N) is 1. The van der Waals surface area contributed by atoms with Crippen molar-refractivity contribution in [2.24, 2.45) is 0 Å². The maximum absolute atomic E-state index is 13.1. The number of halogens is 1. The lowest BCUT2D eigenvalue weighted by Crippen LogP contribution is -2.32. The lowest BCUT2D eigenvalue weighted by Gasteiger charge is -2.26. The van der Waals surface area contributed by atoms with Gasteiger partial charge >= 0.3 is 11.9 Å². The molecule has 0 atom stereocenters. The maximum Gasteiger partial charge on any atom is 0.343 e. The Hall–Kier alpha value is -4.43. The van der Waals surface area contributed by atoms with Crippen LogP contribution >= 0.6 is 11.6 Å². The fourth-order valence-electron chi connectivity index (χ4n) is 4.37. The topological polar surface area (TPSA) is 102 Å². The van der Waals surface area contributed by atoms with Crippen LogP contribution in [0, 0.1) is 0 Å². The van der Waals surface area contributed by atoms with Gasteiger partial charge in [-0.2, -0.15) is 0 Å². The monoisotopic (exact) mass is 588 g/mol. The summed E-state index contributed by atoms with van der Waals surface area (Å²) < 4.78 is 10.5. The second-order valence-electron chi connectivity index (χ2n) is 12.0. The molecule has 0 saturated carbocycles. The third-order valence-electron chi connectivity index (χ3n) is 6.82. The van der Waals surface area contributed by atoms with Crippen LogP contribution in [0.3, 0.4) is 0 Å². The zero-order valence-corrected chi connectivity index (χ0v) is 25.4. The number of imide groups is 1. The van der Waals surface area contributed by atoms with Gasteiger partial charge in [-0.1, -0.05) is 65.3 Å². The molecule has 0 fully saturated rings. The highest BCUT2D eigenvalue weighted by Crippen LogP contribution is 2.36. The number of benzene rings is 3. The Morgan fingerprint density at radius 3 is 1.88 bits per heavy atom. The summed E-state index contributed by atoms with van der Waals surface area (Å²) in [5.74, 6) is -1.94. The molecule has 9 heteroatoms. The quantitative estimate of drug-likeness (QED) is 0.194. The number of carbonyl (C=O) groups excluding carboxylic acids is 4. The van der Waals surface area contributed by atoms with Crippen molar-refractivity contribution in [2.75, 3.05) is 17.3 Å². The molecule has 0 unspecified atom stereocenters. The molecule has 1 aliphatic rings. The van der Waals surface area contributed by atoms with E-state index in [1.165, 1.54) is 31.4 Å². The summed E-state index contributed by atoms with van der Waals surface area (Å²) >= 11 is 6.24. The number of methoxy groups -OCH3 is 1. The van der Waals surface area contributed by atoms with E-state index >= 15 is 0 Å². The molecule has 8 nitrogen and oxygen atoms in total. The van der Waals surface area contributed by atoms with Crippen LogP contribution in [0.4, 0.5) is 11.4 Å². The largest absolute Gasteiger partial charge is 0.465 e. The molecule has 0 bridgehead atoms. The fourth-order valence-corrected chi connectivity index (χ4v) is 4.59. The molecule has 2 amide bonds. The molecule has 1 N–H and O–H groups in total. The number of rotatable bonds is 6. The second-order valence-corrected chi connectivity index (χ2v) is 12.4. The van der Waals surface area contributed by atoms with Gasteiger partial charge in [0.15, 0.2) is 0 Å². The van der Waals surface area contributed by atoms with E-state index in [9.17, 15) is 19.2 Å². The SMILES string of the molecule is COC(=O)c1ccc(N2C(=O)C(Cl)=C(Nc3ccc(C(=O)Oc4ccc(C(C)(C)C)cc4C(C)(C)C)cc3)C2=O)cc1. The first-order valence-corrected chi connectivity index (χ1v) is 13.7. The third-order valence-corrected chi connectivity index (χ3v) is 7.17. The standard InChI is InChI=1S/C33H33ClN2O6/c1-32(2,3)21-12-17-25(24(18-21)33(4,5)6)42-31(40)20-8-13-22(14-9-20)35-27-26(34)28(37)36(29(27)38)23-15-10-19(11-16-23)30(39)41-7/h8-18,35H,1-7H3. The van der Waals surface area contributed by atoms with E-state index in [1.807, 2.05) is 12.1 Å². The summed E-state index contributed by atoms with van der Waals surface area (Å²) in [6.07, 6.45) is 0. The van der Waals surface area contributed by atoms with E-state index in [1.54, 1.807) is 24.3 Å². The van der Waals surface area contributed by atoms with Gasteiger partial charge in [0.1, 0.15) is 16.5 Å². The number of hydrogen-bond acceptors (Lipinski definition) is 7. The van der Waals surface area contributed by atoms with Crippen LogP contribution in [-0.2, 0) is 25.2 Å². The van der Waals surface area contributed by atoms with Gasteiger partial charge in [-0.3, -0.25) is 9.59 Å². The summed E-state index contributed by atoms with van der Waals surface area (Å²) in [6, 6.07) is 18.0. The molecule has 3 aromatic rings. The first-order chi connectivity index (χ1) is 19.6. The van der Waals surface area contributed by atoms with Crippen molar-refractivity contribution < 1.29 is 28.7 Å². The van der Waals surface area contributed by atoms with E-state index in [0.29, 0.717) is 17.0 Å². The average molecular weight is 589 g/mol. The van der Waals surface area contributed by atoms with E-state index in [0.717, 1.165) is 16.0 Å². The number of ether oxygens (including phenoxy) is 2. The summed E-state index contributed by atoms with van der Waals surface area (Å²) in [5, 5.41) is 2.60. The predicted octanol–water partition coefficient (Wildman–Crippen LogP) is 6.72. The molecule has 0 spiro atoms. The lowest BCUT2D eigenvalue weighted by atomic mass is 9.80. The fraction of sp³-hybridized carbons (Fsp3) is 0.273. The highest BCUT2D eigenvalue weighted by atomic mass is 35.5. The third kappa shape index (κ3) is 6.24. The van der Waals surface area contributed by atoms with Gasteiger partial charge in [0.25, 0.3) is 11.8 Å².